The van der Waals surface area contributed by atoms with Gasteiger partial charge in [-0.15, -0.1) is 0 Å². The molecular formula is C66H59N3O2. The van der Waals surface area contributed by atoms with Gasteiger partial charge in [-0.05, 0) is 116 Å². The van der Waals surface area contributed by atoms with Gasteiger partial charge in [0.1, 0.15) is 22.7 Å². The Morgan fingerprint density at radius 2 is 1.08 bits per heavy atom. The second-order valence-electron chi connectivity index (χ2n) is 22.1. The number of pyridine rings is 1. The molecule has 0 saturated heterocycles. The summed E-state index contributed by atoms with van der Waals surface area (Å²) in [6.45, 7) is 20.0. The molecular weight excluding hydrogens is 867 g/mol. The molecule has 0 radical (unpaired) electrons. The van der Waals surface area contributed by atoms with Gasteiger partial charge in [0.15, 0.2) is 0 Å². The standard InChI is InChI=1S/C66H59N3O2/c1-64(2,3)47-35-45(34-46(36-47)56-27-16-17-33-67-56)49-24-19-28-58-60(49)68-63(54-39-48(65(4,5)6)40-55(61(54)70)66(7,8)9)69(58)57-32-30-43(37-53(57)42-22-14-11-15-23-42)44-29-31-51-52-26-18-25-50(41-20-12-10-13-21-41)62(52)71-59(51)38-44/h10-40,70H,1-9H3. The highest BCUT2D eigenvalue weighted by molar-refractivity contribution is 6.10. The average Bonchev–Trinajstić information content (AvgIpc) is 3.94. The van der Waals surface area contributed by atoms with Crippen LogP contribution in [-0.2, 0) is 16.2 Å². The van der Waals surface area contributed by atoms with Crippen molar-refractivity contribution in [2.75, 3.05) is 0 Å². The predicted octanol–water partition coefficient (Wildman–Crippen LogP) is 17.9. The maximum absolute atomic E-state index is 12.7. The lowest BCUT2D eigenvalue weighted by atomic mass is 9.79. The van der Waals surface area contributed by atoms with Gasteiger partial charge in [0.05, 0.1) is 28.0 Å². The van der Waals surface area contributed by atoms with Crippen molar-refractivity contribution in [3.8, 4) is 78.6 Å². The first-order valence-corrected chi connectivity index (χ1v) is 24.7. The number of aromatic nitrogens is 3. The van der Waals surface area contributed by atoms with Gasteiger partial charge in [0.25, 0.3) is 0 Å². The van der Waals surface area contributed by atoms with Crippen molar-refractivity contribution in [1.29, 1.82) is 0 Å². The number of furan rings is 1. The molecule has 3 aromatic heterocycles. The summed E-state index contributed by atoms with van der Waals surface area (Å²) in [5.74, 6) is 0.907. The van der Waals surface area contributed by atoms with E-state index in [1.807, 2.05) is 24.4 Å². The number of phenolic OH excluding ortho intramolecular Hbond substituents is 1. The Hall–Kier alpha value is -8.02. The van der Waals surface area contributed by atoms with Crippen molar-refractivity contribution in [2.45, 2.75) is 78.6 Å². The molecule has 0 spiro atoms. The summed E-state index contributed by atoms with van der Waals surface area (Å²) in [5, 5.41) is 14.8. The minimum Gasteiger partial charge on any atom is -0.507 e. The van der Waals surface area contributed by atoms with Crippen LogP contribution in [0.5, 0.6) is 5.75 Å². The monoisotopic (exact) mass is 925 g/mol. The van der Waals surface area contributed by atoms with Crippen LogP contribution in [0.1, 0.15) is 79.0 Å². The third-order valence-electron chi connectivity index (χ3n) is 14.0. The van der Waals surface area contributed by atoms with Crippen LogP contribution in [0.3, 0.4) is 0 Å². The first-order chi connectivity index (χ1) is 34.0. The molecule has 11 aromatic rings. The zero-order chi connectivity index (χ0) is 49.4. The zero-order valence-corrected chi connectivity index (χ0v) is 42.1. The van der Waals surface area contributed by atoms with Crippen LogP contribution < -0.4 is 0 Å². The summed E-state index contributed by atoms with van der Waals surface area (Å²) in [4.78, 5) is 10.5. The smallest absolute Gasteiger partial charge is 0.149 e. The highest BCUT2D eigenvalue weighted by Gasteiger charge is 2.30. The fourth-order valence-corrected chi connectivity index (χ4v) is 10.0. The number of nitrogens with zero attached hydrogens (tertiary/aromatic N) is 3. The van der Waals surface area contributed by atoms with E-state index < -0.39 is 0 Å². The first-order valence-electron chi connectivity index (χ1n) is 24.7. The number of benzene rings is 8. The maximum Gasteiger partial charge on any atom is 0.149 e. The third kappa shape index (κ3) is 8.29. The van der Waals surface area contributed by atoms with E-state index in [0.717, 1.165) is 106 Å². The molecule has 0 atom stereocenters. The van der Waals surface area contributed by atoms with Gasteiger partial charge in [-0.2, -0.15) is 0 Å². The molecule has 1 N–H and O–H groups in total. The van der Waals surface area contributed by atoms with E-state index in [1.54, 1.807) is 0 Å². The largest absolute Gasteiger partial charge is 0.507 e. The van der Waals surface area contributed by atoms with Crippen molar-refractivity contribution in [1.82, 2.24) is 14.5 Å². The van der Waals surface area contributed by atoms with E-state index in [1.165, 1.54) is 5.56 Å². The molecule has 5 heteroatoms. The summed E-state index contributed by atoms with van der Waals surface area (Å²) in [6, 6.07) is 64.4. The van der Waals surface area contributed by atoms with Gasteiger partial charge in [-0.1, -0.05) is 184 Å². The molecule has 3 heterocycles. The molecule has 5 nitrogen and oxygen atoms in total. The fourth-order valence-electron chi connectivity index (χ4n) is 10.0. The predicted molar refractivity (Wildman–Crippen MR) is 297 cm³/mol. The molecule has 0 aliphatic heterocycles. The normalized spacial score (nSPS) is 12.4. The van der Waals surface area contributed by atoms with E-state index in [-0.39, 0.29) is 22.0 Å². The molecule has 350 valence electrons. The van der Waals surface area contributed by atoms with Gasteiger partial charge in [-0.25, -0.2) is 4.98 Å². The summed E-state index contributed by atoms with van der Waals surface area (Å²) in [6.07, 6.45) is 1.85. The highest BCUT2D eigenvalue weighted by atomic mass is 16.3. The highest BCUT2D eigenvalue weighted by Crippen LogP contribution is 2.47. The molecule has 0 amide bonds. The lowest BCUT2D eigenvalue weighted by molar-refractivity contribution is 0.446. The van der Waals surface area contributed by atoms with Gasteiger partial charge in [0.2, 0.25) is 0 Å². The van der Waals surface area contributed by atoms with Crippen LogP contribution in [0.2, 0.25) is 0 Å². The Kier molecular flexibility index (Phi) is 11.0. The summed E-state index contributed by atoms with van der Waals surface area (Å²) < 4.78 is 9.03. The van der Waals surface area contributed by atoms with Crippen molar-refractivity contribution in [3.63, 3.8) is 0 Å². The van der Waals surface area contributed by atoms with E-state index in [2.05, 4.69) is 231 Å². The lowest BCUT2D eigenvalue weighted by Gasteiger charge is -2.27. The van der Waals surface area contributed by atoms with Crippen LogP contribution in [0.25, 0.3) is 106 Å². The number of hydrogen-bond donors (Lipinski definition) is 1. The molecule has 0 fully saturated rings. The van der Waals surface area contributed by atoms with Crippen molar-refractivity contribution in [3.05, 3.63) is 205 Å². The Morgan fingerprint density at radius 3 is 1.77 bits per heavy atom. The molecule has 0 aliphatic rings. The third-order valence-corrected chi connectivity index (χ3v) is 14.0. The van der Waals surface area contributed by atoms with E-state index >= 15 is 0 Å². The number of fused-ring (bicyclic) bond motifs is 4. The van der Waals surface area contributed by atoms with Crippen molar-refractivity contribution >= 4 is 33.0 Å². The maximum atomic E-state index is 12.7. The zero-order valence-electron chi connectivity index (χ0n) is 42.1. The number of imidazole rings is 1. The number of hydrogen-bond acceptors (Lipinski definition) is 4. The number of rotatable bonds is 7. The van der Waals surface area contributed by atoms with Crippen LogP contribution in [0, 0.1) is 0 Å². The molecule has 71 heavy (non-hydrogen) atoms. The van der Waals surface area contributed by atoms with Gasteiger partial charge < -0.3 is 9.52 Å². The number of aromatic hydroxyl groups is 1. The van der Waals surface area contributed by atoms with E-state index in [9.17, 15) is 5.11 Å². The summed E-state index contributed by atoms with van der Waals surface area (Å²) in [7, 11) is 0. The quantitative estimate of drug-likeness (QED) is 0.173. The van der Waals surface area contributed by atoms with Crippen molar-refractivity contribution < 1.29 is 9.52 Å². The molecule has 0 bridgehead atoms. The molecule has 0 unspecified atom stereocenters. The molecule has 11 rings (SSSR count). The summed E-state index contributed by atoms with van der Waals surface area (Å²) >= 11 is 0. The Morgan fingerprint density at radius 1 is 0.451 bits per heavy atom. The second-order valence-corrected chi connectivity index (χ2v) is 22.1. The topological polar surface area (TPSA) is 64.1 Å². The fraction of sp³-hybridized carbons (Fsp3) is 0.182. The lowest BCUT2D eigenvalue weighted by Crippen LogP contribution is -2.17. The SMILES string of the molecule is CC(C)(C)c1cc(-c2ccccn2)cc(-c2cccc3c2nc(-c2cc(C(C)(C)C)cc(C(C)(C)C)c2O)n3-c2ccc(-c3ccc4c(c3)oc3c(-c5ccccc5)cccc34)cc2-c2ccccc2)c1. The summed E-state index contributed by atoms with van der Waals surface area (Å²) in [5.41, 5.74) is 18.1. The number of para-hydroxylation sites is 2. The van der Waals surface area contributed by atoms with Gasteiger partial charge in [-0.3, -0.25) is 9.55 Å². The molecule has 0 aliphatic carbocycles. The van der Waals surface area contributed by atoms with Crippen LogP contribution in [-0.4, -0.2) is 19.6 Å². The first kappa shape index (κ1) is 45.4. The minimum atomic E-state index is -0.349. The minimum absolute atomic E-state index is 0.132. The van der Waals surface area contributed by atoms with E-state index in [0.29, 0.717) is 11.4 Å². The van der Waals surface area contributed by atoms with E-state index in [4.69, 9.17) is 14.4 Å². The Bertz CT molecular complexity index is 3800. The average molecular weight is 926 g/mol. The molecule has 0 saturated carbocycles. The number of phenols is 1. The van der Waals surface area contributed by atoms with Gasteiger partial charge in [0, 0.05) is 44.8 Å². The van der Waals surface area contributed by atoms with Crippen LogP contribution in [0.15, 0.2) is 193 Å². The second kappa shape index (κ2) is 17.1. The van der Waals surface area contributed by atoms with Gasteiger partial charge >= 0.3 is 0 Å². The molecule has 8 aromatic carbocycles. The Labute approximate surface area is 417 Å². The van der Waals surface area contributed by atoms with Crippen LogP contribution >= 0.6 is 0 Å². The Balaban J connectivity index is 1.18. The van der Waals surface area contributed by atoms with Crippen LogP contribution in [0.4, 0.5) is 0 Å². The van der Waals surface area contributed by atoms with Crippen molar-refractivity contribution in [2.24, 2.45) is 0 Å².